The van der Waals surface area contributed by atoms with Gasteiger partial charge < -0.3 is 15.2 Å². The predicted molar refractivity (Wildman–Crippen MR) is 140 cm³/mol. The third kappa shape index (κ3) is 7.73. The molecule has 0 heterocycles. The Morgan fingerprint density at radius 1 is 1.07 bits per heavy atom. The topological polar surface area (TPSA) is 99.4 Å². The van der Waals surface area contributed by atoms with E-state index in [2.05, 4.69) is 5.32 Å². The van der Waals surface area contributed by atoms with Gasteiger partial charge in [-0.2, -0.15) is 18.4 Å². The molecule has 0 aromatic heterocycles. The quantitative estimate of drug-likeness (QED) is 0.234. The van der Waals surface area contributed by atoms with Crippen molar-refractivity contribution in [3.63, 3.8) is 0 Å². The molecule has 0 unspecified atom stereocenters. The first-order valence-corrected chi connectivity index (χ1v) is 12.6. The number of carbonyl (C=O) groups is 2. The van der Waals surface area contributed by atoms with Crippen molar-refractivity contribution >= 4 is 23.5 Å². The van der Waals surface area contributed by atoms with E-state index < -0.39 is 52.8 Å². The molecule has 0 radical (unpaired) electrons. The van der Waals surface area contributed by atoms with Gasteiger partial charge in [-0.25, -0.2) is 4.39 Å². The van der Waals surface area contributed by atoms with Crippen LogP contribution < -0.4 is 10.1 Å². The lowest BCUT2D eigenvalue weighted by Crippen LogP contribution is -2.26. The number of nitriles is 1. The second kappa shape index (κ2) is 13.3. The molecule has 0 aliphatic carbocycles. The fourth-order valence-electron chi connectivity index (χ4n) is 4.19. The van der Waals surface area contributed by atoms with Gasteiger partial charge in [0.25, 0.3) is 5.91 Å². The number of hydrogen-bond donors (Lipinski definition) is 2. The van der Waals surface area contributed by atoms with Crippen molar-refractivity contribution in [1.82, 2.24) is 5.32 Å². The summed E-state index contributed by atoms with van der Waals surface area (Å²) < 4.78 is 61.1. The van der Waals surface area contributed by atoms with E-state index in [-0.39, 0.29) is 24.6 Å². The summed E-state index contributed by atoms with van der Waals surface area (Å²) in [6.07, 6.45) is -4.93. The van der Waals surface area contributed by atoms with Crippen molar-refractivity contribution < 1.29 is 37.0 Å². The second-order valence-electron chi connectivity index (χ2n) is 8.95. The number of rotatable bonds is 11. The van der Waals surface area contributed by atoms with Crippen molar-refractivity contribution in [3.8, 4) is 11.8 Å². The zero-order valence-electron chi connectivity index (χ0n) is 21.3. The summed E-state index contributed by atoms with van der Waals surface area (Å²) in [6.45, 7) is 1.86. The van der Waals surface area contributed by atoms with E-state index in [0.717, 1.165) is 0 Å². The third-order valence-corrected chi connectivity index (χ3v) is 6.39. The van der Waals surface area contributed by atoms with E-state index >= 15 is 0 Å². The number of carbonyl (C=O) groups excluding carboxylic acids is 1. The lowest BCUT2D eigenvalue weighted by Gasteiger charge is -2.29. The number of halogens is 5. The Balaban J connectivity index is 2.04. The normalized spacial score (nSPS) is 12.7. The maximum atomic E-state index is 14.6. The Morgan fingerprint density at radius 2 is 1.70 bits per heavy atom. The van der Waals surface area contributed by atoms with Crippen LogP contribution in [0.4, 0.5) is 17.6 Å². The van der Waals surface area contributed by atoms with Gasteiger partial charge >= 0.3 is 12.1 Å². The first kappa shape index (κ1) is 30.4. The van der Waals surface area contributed by atoms with Gasteiger partial charge in [0.05, 0.1) is 12.0 Å². The Bertz CT molecular complexity index is 1390. The molecular weight excluding hydrogens is 552 g/mol. The van der Waals surface area contributed by atoms with Crippen LogP contribution in [0.25, 0.3) is 0 Å². The maximum Gasteiger partial charge on any atom is 0.416 e. The van der Waals surface area contributed by atoms with Crippen molar-refractivity contribution in [3.05, 3.63) is 99.3 Å². The SMILES string of the molecule is CCC[C@H](c1ccc(C(=O)NCCC(=O)O)cc1)[C@@H](Oc1cc(C(F)(F)F)cc(F)c1C#N)c1ccc(Cl)cc1. The number of nitrogens with zero attached hydrogens (tertiary/aromatic N) is 1. The molecule has 2 N–H and O–H groups in total. The van der Waals surface area contributed by atoms with Crippen LogP contribution in [0.15, 0.2) is 60.7 Å². The van der Waals surface area contributed by atoms with Gasteiger partial charge in [0, 0.05) is 23.0 Å². The van der Waals surface area contributed by atoms with Gasteiger partial charge in [0.2, 0.25) is 0 Å². The Labute approximate surface area is 233 Å². The summed E-state index contributed by atoms with van der Waals surface area (Å²) in [6, 6.07) is 15.3. The van der Waals surface area contributed by atoms with Gasteiger partial charge in [-0.05, 0) is 53.9 Å². The average molecular weight is 577 g/mol. The highest BCUT2D eigenvalue weighted by Gasteiger charge is 2.34. The standard InChI is InChI=1S/C29H25ClF4N2O4/c1-2-3-22(17-4-6-19(7-5-17)28(39)36-13-12-26(37)38)27(18-8-10-21(30)11-9-18)40-25-15-20(29(32,33)34)14-24(31)23(25)16-35/h4-11,14-15,22,27H,2-3,12-13H2,1H3,(H,36,39)(H,37,38)/t22-,27+/m1/s1. The number of ether oxygens (including phenoxy) is 1. The summed E-state index contributed by atoms with van der Waals surface area (Å²) in [7, 11) is 0. The van der Waals surface area contributed by atoms with E-state index in [4.69, 9.17) is 21.4 Å². The van der Waals surface area contributed by atoms with Gasteiger partial charge in [-0.15, -0.1) is 0 Å². The number of benzene rings is 3. The monoisotopic (exact) mass is 576 g/mol. The highest BCUT2D eigenvalue weighted by Crippen LogP contribution is 2.42. The molecule has 3 rings (SSSR count). The molecule has 210 valence electrons. The van der Waals surface area contributed by atoms with E-state index in [0.29, 0.717) is 35.1 Å². The molecule has 0 fully saturated rings. The Kier molecular flexibility index (Phi) is 10.1. The molecule has 0 spiro atoms. The van der Waals surface area contributed by atoms with E-state index in [1.807, 2.05) is 6.92 Å². The fourth-order valence-corrected chi connectivity index (χ4v) is 4.31. The maximum absolute atomic E-state index is 14.6. The molecule has 2 atom stereocenters. The molecule has 3 aromatic carbocycles. The van der Waals surface area contributed by atoms with Crippen molar-refractivity contribution in [2.45, 2.75) is 44.4 Å². The number of carboxylic acid groups (broad SMARTS) is 1. The van der Waals surface area contributed by atoms with Crippen LogP contribution in [0.1, 0.15) is 70.8 Å². The lowest BCUT2D eigenvalue weighted by molar-refractivity contribution is -0.138. The Morgan fingerprint density at radius 3 is 2.25 bits per heavy atom. The molecule has 6 nitrogen and oxygen atoms in total. The second-order valence-corrected chi connectivity index (χ2v) is 9.38. The number of amides is 1. The highest BCUT2D eigenvalue weighted by atomic mass is 35.5. The van der Waals surface area contributed by atoms with Gasteiger partial charge in [-0.3, -0.25) is 9.59 Å². The predicted octanol–water partition coefficient (Wildman–Crippen LogP) is 7.28. The van der Waals surface area contributed by atoms with Crippen LogP contribution in [0.3, 0.4) is 0 Å². The summed E-state index contributed by atoms with van der Waals surface area (Å²) in [5.41, 5.74) is -0.468. The molecule has 11 heteroatoms. The minimum atomic E-state index is -4.87. The molecule has 0 saturated carbocycles. The fraction of sp³-hybridized carbons (Fsp3) is 0.276. The zero-order chi connectivity index (χ0) is 29.4. The number of nitrogens with one attached hydrogen (secondary N) is 1. The van der Waals surface area contributed by atoms with E-state index in [1.54, 1.807) is 42.5 Å². The van der Waals surface area contributed by atoms with Crippen LogP contribution >= 0.6 is 11.6 Å². The summed E-state index contributed by atoms with van der Waals surface area (Å²) in [4.78, 5) is 23.1. The van der Waals surface area contributed by atoms with Gasteiger partial charge in [-0.1, -0.05) is 49.2 Å². The largest absolute Gasteiger partial charge is 0.484 e. The average Bonchev–Trinajstić information content (AvgIpc) is 2.90. The number of aliphatic carboxylic acids is 1. The van der Waals surface area contributed by atoms with E-state index in [9.17, 15) is 32.4 Å². The van der Waals surface area contributed by atoms with Crippen LogP contribution in [0, 0.1) is 17.1 Å². The number of alkyl halides is 3. The Hall–Kier alpha value is -4.10. The number of carboxylic acids is 1. The zero-order valence-corrected chi connectivity index (χ0v) is 22.0. The van der Waals surface area contributed by atoms with Crippen LogP contribution in [-0.4, -0.2) is 23.5 Å². The minimum Gasteiger partial charge on any atom is -0.484 e. The van der Waals surface area contributed by atoms with Crippen LogP contribution in [-0.2, 0) is 11.0 Å². The molecule has 0 bridgehead atoms. The first-order chi connectivity index (χ1) is 18.9. The minimum absolute atomic E-state index is 0.0460. The highest BCUT2D eigenvalue weighted by molar-refractivity contribution is 6.30. The van der Waals surface area contributed by atoms with Crippen LogP contribution in [0.5, 0.6) is 5.75 Å². The third-order valence-electron chi connectivity index (χ3n) is 6.14. The molecule has 0 aliphatic rings. The lowest BCUT2D eigenvalue weighted by atomic mass is 9.85. The molecule has 40 heavy (non-hydrogen) atoms. The van der Waals surface area contributed by atoms with Crippen molar-refractivity contribution in [2.24, 2.45) is 0 Å². The summed E-state index contributed by atoms with van der Waals surface area (Å²) >= 11 is 6.05. The smallest absolute Gasteiger partial charge is 0.416 e. The molecule has 3 aromatic rings. The molecular formula is C29H25ClF4N2O4. The first-order valence-electron chi connectivity index (χ1n) is 12.3. The van der Waals surface area contributed by atoms with Crippen LogP contribution in [0.2, 0.25) is 5.02 Å². The molecule has 0 saturated heterocycles. The van der Waals surface area contributed by atoms with E-state index in [1.165, 1.54) is 12.1 Å². The van der Waals surface area contributed by atoms with Crippen molar-refractivity contribution in [2.75, 3.05) is 6.54 Å². The van der Waals surface area contributed by atoms with Crippen molar-refractivity contribution in [1.29, 1.82) is 5.26 Å². The number of hydrogen-bond acceptors (Lipinski definition) is 4. The van der Waals surface area contributed by atoms with Gasteiger partial charge in [0.1, 0.15) is 29.3 Å². The molecule has 1 amide bonds. The van der Waals surface area contributed by atoms with Gasteiger partial charge in [0.15, 0.2) is 0 Å². The summed E-state index contributed by atoms with van der Waals surface area (Å²) in [5, 5.41) is 21.2. The summed E-state index contributed by atoms with van der Waals surface area (Å²) in [5.74, 6) is -3.91. The molecule has 0 aliphatic heterocycles.